The fraction of sp³-hybridized carbons (Fsp3) is 0.412. The van der Waals surface area contributed by atoms with Crippen LogP contribution in [0.4, 0.5) is 4.79 Å². The molecule has 0 spiro atoms. The minimum absolute atomic E-state index is 0.0273. The number of methoxy groups -OCH3 is 1. The van der Waals surface area contributed by atoms with E-state index in [0.29, 0.717) is 11.3 Å². The molecule has 0 radical (unpaired) electrons. The number of aliphatic carboxylic acids is 2. The van der Waals surface area contributed by atoms with Gasteiger partial charge in [-0.15, -0.1) is 0 Å². The lowest BCUT2D eigenvalue weighted by molar-refractivity contribution is -0.143. The molecule has 0 aliphatic carbocycles. The van der Waals surface area contributed by atoms with Gasteiger partial charge in [0, 0.05) is 6.42 Å². The number of carboxylic acid groups (broad SMARTS) is 2. The lowest BCUT2D eigenvalue weighted by Gasteiger charge is -2.18. The highest BCUT2D eigenvalue weighted by molar-refractivity contribution is 5.89. The number of hydrogen-bond donors (Lipinski definition) is 4. The van der Waals surface area contributed by atoms with E-state index in [1.165, 1.54) is 14.0 Å². The number of carboxylic acids is 2. The van der Waals surface area contributed by atoms with Crippen molar-refractivity contribution in [3.8, 4) is 5.75 Å². The summed E-state index contributed by atoms with van der Waals surface area (Å²) in [4.78, 5) is 45.3. The smallest absolute Gasteiger partial charge is 0.408 e. The first-order valence-corrected chi connectivity index (χ1v) is 8.04. The first-order valence-electron chi connectivity index (χ1n) is 8.04. The molecule has 1 rings (SSSR count). The Kier molecular flexibility index (Phi) is 8.57. The molecule has 1 aromatic carbocycles. The summed E-state index contributed by atoms with van der Waals surface area (Å²) in [6.45, 7) is 1.32. The predicted octanol–water partition coefficient (Wildman–Crippen LogP) is 0.744. The number of rotatable bonds is 10. The molecule has 0 fully saturated rings. The highest BCUT2D eigenvalue weighted by atomic mass is 16.5. The summed E-state index contributed by atoms with van der Waals surface area (Å²) in [5.74, 6) is -2.65. The molecule has 0 saturated carbocycles. The second-order valence-electron chi connectivity index (χ2n) is 5.62. The summed E-state index contributed by atoms with van der Waals surface area (Å²) >= 11 is 0. The number of carbonyl (C=O) groups is 4. The molecule has 2 amide bonds. The molecule has 2 atom stereocenters. The van der Waals surface area contributed by atoms with Crippen molar-refractivity contribution >= 4 is 23.9 Å². The Morgan fingerprint density at radius 1 is 1.07 bits per heavy atom. The van der Waals surface area contributed by atoms with Gasteiger partial charge in [-0.05, 0) is 31.0 Å². The van der Waals surface area contributed by atoms with Crippen LogP contribution in [0.25, 0.3) is 0 Å². The van der Waals surface area contributed by atoms with Crippen LogP contribution < -0.4 is 15.4 Å². The van der Waals surface area contributed by atoms with Crippen LogP contribution in [0, 0.1) is 0 Å². The summed E-state index contributed by atoms with van der Waals surface area (Å²) in [5.41, 5.74) is 0.711. The third-order valence-electron chi connectivity index (χ3n) is 3.52. The van der Waals surface area contributed by atoms with Gasteiger partial charge in [0.15, 0.2) is 0 Å². The molecule has 0 bridgehead atoms. The number of alkyl carbamates (subject to hydrolysis) is 1. The predicted molar refractivity (Wildman–Crippen MR) is 92.2 cm³/mol. The number of carbonyl (C=O) groups excluding carboxylic acids is 2. The third kappa shape index (κ3) is 8.08. The SMILES string of the molecule is COc1ccc(COC(=O)N[C@@H](C)C(=O)N[C@@H](CCC(=O)O)C(=O)O)cc1. The van der Waals surface area contributed by atoms with Crippen molar-refractivity contribution in [1.82, 2.24) is 10.6 Å². The standard InChI is InChI=1S/C17H22N2O8/c1-10(15(22)19-13(16(23)24)7-8-14(20)21)18-17(25)27-9-11-3-5-12(26-2)6-4-11/h3-6,10,13H,7-9H2,1-2H3,(H,18,25)(H,19,22)(H,20,21)(H,23,24)/t10-,13-/m0/s1. The van der Waals surface area contributed by atoms with Crippen LogP contribution in [0.2, 0.25) is 0 Å². The van der Waals surface area contributed by atoms with E-state index >= 15 is 0 Å². The second-order valence-corrected chi connectivity index (χ2v) is 5.62. The molecule has 4 N–H and O–H groups in total. The number of nitrogens with one attached hydrogen (secondary N) is 2. The highest BCUT2D eigenvalue weighted by Crippen LogP contribution is 2.12. The molecule has 0 unspecified atom stereocenters. The Balaban J connectivity index is 2.46. The summed E-state index contributed by atoms with van der Waals surface area (Å²) in [6, 6.07) is 4.39. The second kappa shape index (κ2) is 10.6. The number of amides is 2. The lowest BCUT2D eigenvalue weighted by atomic mass is 10.1. The average molecular weight is 382 g/mol. The third-order valence-corrected chi connectivity index (χ3v) is 3.52. The highest BCUT2D eigenvalue weighted by Gasteiger charge is 2.24. The molecule has 148 valence electrons. The Bertz CT molecular complexity index is 674. The van der Waals surface area contributed by atoms with Crippen molar-refractivity contribution in [3.63, 3.8) is 0 Å². The van der Waals surface area contributed by atoms with E-state index in [2.05, 4.69) is 10.6 Å². The van der Waals surface area contributed by atoms with Crippen LogP contribution in [-0.2, 0) is 25.7 Å². The van der Waals surface area contributed by atoms with Crippen molar-refractivity contribution in [2.45, 2.75) is 38.5 Å². The Morgan fingerprint density at radius 3 is 2.22 bits per heavy atom. The molecule has 1 aromatic rings. The van der Waals surface area contributed by atoms with Gasteiger partial charge in [-0.3, -0.25) is 9.59 Å². The zero-order valence-corrected chi connectivity index (χ0v) is 14.9. The maximum atomic E-state index is 12.0. The molecule has 0 aromatic heterocycles. The maximum absolute atomic E-state index is 12.0. The van der Waals surface area contributed by atoms with E-state index in [9.17, 15) is 19.2 Å². The number of benzene rings is 1. The van der Waals surface area contributed by atoms with Crippen LogP contribution in [0.1, 0.15) is 25.3 Å². The van der Waals surface area contributed by atoms with Gasteiger partial charge in [0.05, 0.1) is 7.11 Å². The first kappa shape index (κ1) is 21.7. The van der Waals surface area contributed by atoms with Gasteiger partial charge >= 0.3 is 18.0 Å². The molecule has 10 heteroatoms. The van der Waals surface area contributed by atoms with Crippen molar-refractivity contribution in [2.75, 3.05) is 7.11 Å². The zero-order chi connectivity index (χ0) is 20.4. The van der Waals surface area contributed by atoms with E-state index < -0.39 is 42.4 Å². The fourth-order valence-electron chi connectivity index (χ4n) is 1.98. The van der Waals surface area contributed by atoms with E-state index in [0.717, 1.165) is 0 Å². The van der Waals surface area contributed by atoms with Gasteiger partial charge in [0.2, 0.25) is 5.91 Å². The Morgan fingerprint density at radius 2 is 1.70 bits per heavy atom. The maximum Gasteiger partial charge on any atom is 0.408 e. The number of hydrogen-bond acceptors (Lipinski definition) is 6. The minimum atomic E-state index is -1.37. The topological polar surface area (TPSA) is 151 Å². The summed E-state index contributed by atoms with van der Waals surface area (Å²) in [7, 11) is 1.53. The van der Waals surface area contributed by atoms with Crippen LogP contribution >= 0.6 is 0 Å². The van der Waals surface area contributed by atoms with Gasteiger partial charge in [-0.1, -0.05) is 12.1 Å². The first-order chi connectivity index (χ1) is 12.7. The zero-order valence-electron chi connectivity index (χ0n) is 14.9. The van der Waals surface area contributed by atoms with E-state index in [4.69, 9.17) is 19.7 Å². The number of ether oxygens (including phenoxy) is 2. The van der Waals surface area contributed by atoms with Crippen molar-refractivity contribution in [2.24, 2.45) is 0 Å². The van der Waals surface area contributed by atoms with Crippen LogP contribution in [0.3, 0.4) is 0 Å². The van der Waals surface area contributed by atoms with Gasteiger partial charge < -0.3 is 30.3 Å². The fourth-order valence-corrected chi connectivity index (χ4v) is 1.98. The normalized spacial score (nSPS) is 12.4. The molecule has 27 heavy (non-hydrogen) atoms. The van der Waals surface area contributed by atoms with Gasteiger partial charge in [-0.25, -0.2) is 9.59 Å². The monoisotopic (exact) mass is 382 g/mol. The van der Waals surface area contributed by atoms with E-state index in [1.807, 2.05) is 0 Å². The van der Waals surface area contributed by atoms with Crippen LogP contribution in [-0.4, -0.2) is 53.3 Å². The van der Waals surface area contributed by atoms with Gasteiger partial charge in [0.1, 0.15) is 24.4 Å². The largest absolute Gasteiger partial charge is 0.497 e. The van der Waals surface area contributed by atoms with Gasteiger partial charge in [0.25, 0.3) is 0 Å². The van der Waals surface area contributed by atoms with Gasteiger partial charge in [-0.2, -0.15) is 0 Å². The Labute approximate surface area is 155 Å². The molecule has 0 aliphatic rings. The van der Waals surface area contributed by atoms with Crippen molar-refractivity contribution in [1.29, 1.82) is 0 Å². The molecular weight excluding hydrogens is 360 g/mol. The summed E-state index contributed by atoms with van der Waals surface area (Å²) < 4.78 is 10.0. The van der Waals surface area contributed by atoms with Crippen LogP contribution in [0.15, 0.2) is 24.3 Å². The molecule has 10 nitrogen and oxygen atoms in total. The summed E-state index contributed by atoms with van der Waals surface area (Å²) in [6.07, 6.45) is -1.54. The summed E-state index contributed by atoms with van der Waals surface area (Å²) in [5, 5.41) is 22.1. The lowest BCUT2D eigenvalue weighted by Crippen LogP contribution is -2.50. The molecule has 0 saturated heterocycles. The molecule has 0 heterocycles. The minimum Gasteiger partial charge on any atom is -0.497 e. The van der Waals surface area contributed by atoms with Crippen molar-refractivity contribution in [3.05, 3.63) is 29.8 Å². The molecular formula is C17H22N2O8. The molecule has 0 aliphatic heterocycles. The van der Waals surface area contributed by atoms with Crippen LogP contribution in [0.5, 0.6) is 5.75 Å². The average Bonchev–Trinajstić information content (AvgIpc) is 2.63. The van der Waals surface area contributed by atoms with Crippen molar-refractivity contribution < 1.29 is 38.9 Å². The Hall–Kier alpha value is -3.30. The quantitative estimate of drug-likeness (QED) is 0.462. The van der Waals surface area contributed by atoms with E-state index in [-0.39, 0.29) is 13.0 Å². The van der Waals surface area contributed by atoms with E-state index in [1.54, 1.807) is 24.3 Å².